The van der Waals surface area contributed by atoms with Crippen LogP contribution in [0.15, 0.2) is 0 Å². The molecule has 0 heterocycles. The van der Waals surface area contributed by atoms with Crippen molar-refractivity contribution in [3.05, 3.63) is 7.43 Å². The molecule has 0 N–H and O–H groups in total. The van der Waals surface area contributed by atoms with Crippen molar-refractivity contribution in [1.82, 2.24) is 0 Å². The summed E-state index contributed by atoms with van der Waals surface area (Å²) in [6, 6.07) is 0. The van der Waals surface area contributed by atoms with Crippen molar-refractivity contribution < 1.29 is 0 Å². The summed E-state index contributed by atoms with van der Waals surface area (Å²) < 4.78 is 0. The Labute approximate surface area is 59.1 Å². The molecule has 0 aliphatic heterocycles. The van der Waals surface area contributed by atoms with Crippen LogP contribution in [0.25, 0.3) is 0 Å². The Bertz CT molecular complexity index is 12.3. The van der Waals surface area contributed by atoms with Crippen LogP contribution in [0, 0.1) is 7.43 Å². The minimum absolute atomic E-state index is 0. The van der Waals surface area contributed by atoms with E-state index >= 15 is 0 Å². The molecule has 0 aliphatic carbocycles. The summed E-state index contributed by atoms with van der Waals surface area (Å²) in [5, 5.41) is 0. The van der Waals surface area contributed by atoms with Gasteiger partial charge in [-0.15, -0.1) is 0 Å². The largest absolute Gasteiger partial charge is 2.00 e. The molecular weight excluding hydrogens is 100 g/mol. The van der Waals surface area contributed by atoms with E-state index in [9.17, 15) is 0 Å². The van der Waals surface area contributed by atoms with Gasteiger partial charge in [0.1, 0.15) is 0 Å². The van der Waals surface area contributed by atoms with Crippen LogP contribution in [0.1, 0.15) is 0 Å². The molecule has 0 unspecified atom stereocenters. The molecule has 6 heavy (non-hydrogen) atoms. The van der Waals surface area contributed by atoms with Gasteiger partial charge in [0.15, 0.2) is 0 Å². The van der Waals surface area contributed by atoms with E-state index < -0.39 is 0 Å². The Hall–Kier alpha value is 0.983. The average Bonchev–Trinajstić information content (AvgIpc) is 0.811. The summed E-state index contributed by atoms with van der Waals surface area (Å²) in [6.45, 7) is 6.81. The number of hydrogen-bond donors (Lipinski definition) is 0. The van der Waals surface area contributed by atoms with Crippen molar-refractivity contribution in [3.63, 3.8) is 0 Å². The molecule has 0 aliphatic rings. The summed E-state index contributed by atoms with van der Waals surface area (Å²) >= 11 is 0. The van der Waals surface area contributed by atoms with Crippen molar-refractivity contribution in [2.24, 2.45) is 0 Å². The van der Waals surface area contributed by atoms with Gasteiger partial charge < -0.3 is 7.43 Å². The third kappa shape index (κ3) is 81.8. The van der Waals surface area contributed by atoms with Crippen LogP contribution < -0.4 is 0 Å². The number of hydrogen-bond acceptors (Lipinski definition) is 0. The second-order valence-corrected chi connectivity index (χ2v) is 4.50. The van der Waals surface area contributed by atoms with E-state index in [1.807, 2.05) is 0 Å². The Balaban J connectivity index is -0.0000000450. The summed E-state index contributed by atoms with van der Waals surface area (Å²) in [4.78, 5) is 0. The molecule has 0 atom stereocenters. The van der Waals surface area contributed by atoms with E-state index in [4.69, 9.17) is 0 Å². The Morgan fingerprint density at radius 2 is 1.00 bits per heavy atom. The van der Waals surface area contributed by atoms with Gasteiger partial charge in [0, 0.05) is 0 Å². The normalized spacial score (nSPS) is 6.00. The third-order valence-corrected chi connectivity index (χ3v) is 0. The molecule has 2 heteroatoms. The third-order valence-electron chi connectivity index (χ3n) is 0. The summed E-state index contributed by atoms with van der Waals surface area (Å²) in [5.41, 5.74) is 0. The van der Waals surface area contributed by atoms with Crippen molar-refractivity contribution in [3.8, 4) is 0 Å². The predicted molar refractivity (Wildman–Crippen MR) is 35.5 cm³/mol. The van der Waals surface area contributed by atoms with Gasteiger partial charge in [0.25, 0.3) is 0 Å². The first kappa shape index (κ1) is 15.8. The monoisotopic (exact) mass is 112 g/mol. The van der Waals surface area contributed by atoms with Gasteiger partial charge in [-0.25, -0.2) is 0 Å². The Morgan fingerprint density at radius 1 is 1.00 bits per heavy atom. The van der Waals surface area contributed by atoms with Crippen LogP contribution in [0.5, 0.6) is 0 Å². The average molecular weight is 113 g/mol. The minimum Gasteiger partial charge on any atom is -0.358 e. The predicted octanol–water partition coefficient (Wildman–Crippen LogP) is 1.44. The van der Waals surface area contributed by atoms with Crippen LogP contribution in [-0.4, -0.2) is 31.8 Å². The molecule has 0 radical (unpaired) electrons. The van der Waals surface area contributed by atoms with Gasteiger partial charge in [-0.2, -0.15) is 19.6 Å². The van der Waals surface area contributed by atoms with Crippen molar-refractivity contribution in [2.45, 2.75) is 19.6 Å². The van der Waals surface area contributed by atoms with Crippen LogP contribution in [0.3, 0.4) is 0 Å². The number of rotatable bonds is 0. The molecule has 34 valence electrons. The van der Waals surface area contributed by atoms with E-state index in [0.29, 0.717) is 0 Å². The molecule has 0 aromatic rings. The maximum absolute atomic E-state index is 2.27. The zero-order chi connectivity index (χ0) is 3.58. The molecular formula is C4H12MgSi. The second-order valence-electron chi connectivity index (χ2n) is 1.50. The Kier molecular flexibility index (Phi) is 24.6. The van der Waals surface area contributed by atoms with Gasteiger partial charge in [-0.3, -0.25) is 8.80 Å². The molecule has 0 saturated heterocycles. The van der Waals surface area contributed by atoms with Crippen LogP contribution in [0.2, 0.25) is 19.6 Å². The van der Waals surface area contributed by atoms with Crippen molar-refractivity contribution in [1.29, 1.82) is 0 Å². The van der Waals surface area contributed by atoms with Gasteiger partial charge in [0.2, 0.25) is 0 Å². The van der Waals surface area contributed by atoms with Gasteiger partial charge in [-0.1, -0.05) is 0 Å². The van der Waals surface area contributed by atoms with Gasteiger partial charge in [-0.05, 0) is 0 Å². The molecule has 0 fully saturated rings. The maximum Gasteiger partial charge on any atom is 2.00 e. The molecule has 0 aromatic heterocycles. The van der Waals surface area contributed by atoms with Crippen molar-refractivity contribution >= 4 is 31.8 Å². The smallest absolute Gasteiger partial charge is 0.358 e. The molecule has 0 nitrogen and oxygen atoms in total. The zero-order valence-corrected chi connectivity index (χ0v) is 7.62. The topological polar surface area (TPSA) is 0 Å². The van der Waals surface area contributed by atoms with Crippen molar-refractivity contribution in [2.75, 3.05) is 0 Å². The Morgan fingerprint density at radius 3 is 1.00 bits per heavy atom. The molecule has 0 bridgehead atoms. The van der Waals surface area contributed by atoms with Gasteiger partial charge >= 0.3 is 23.1 Å². The zero-order valence-electron chi connectivity index (χ0n) is 5.21. The molecule has 0 spiro atoms. The fourth-order valence-corrected chi connectivity index (χ4v) is 0. The van der Waals surface area contributed by atoms with E-state index in [1.54, 1.807) is 0 Å². The fraction of sp³-hybridized carbons (Fsp3) is 0.750. The molecule has 0 amide bonds. The summed E-state index contributed by atoms with van der Waals surface area (Å²) in [6.07, 6.45) is 0. The first-order chi connectivity index (χ1) is 1.73. The molecule has 0 saturated carbocycles. The van der Waals surface area contributed by atoms with Gasteiger partial charge in [0.05, 0.1) is 0 Å². The maximum atomic E-state index is 2.27. The van der Waals surface area contributed by atoms with Crippen LogP contribution in [-0.2, 0) is 0 Å². The summed E-state index contributed by atoms with van der Waals surface area (Å²) in [7, 11) is 0.120. The quantitative estimate of drug-likeness (QED) is 0.329. The SMILES string of the molecule is C[Si-](C)C.[CH3-].[Mg+2]. The minimum atomic E-state index is 0. The van der Waals surface area contributed by atoms with Crippen LogP contribution >= 0.6 is 0 Å². The van der Waals surface area contributed by atoms with E-state index in [2.05, 4.69) is 19.6 Å². The van der Waals surface area contributed by atoms with E-state index in [-0.39, 0.29) is 39.3 Å². The fourth-order valence-electron chi connectivity index (χ4n) is 0. The first-order valence-corrected chi connectivity index (χ1v) is 4.50. The molecule has 0 rings (SSSR count). The van der Waals surface area contributed by atoms with E-state index in [0.717, 1.165) is 0 Å². The molecule has 0 aromatic carbocycles. The second kappa shape index (κ2) is 9.36. The van der Waals surface area contributed by atoms with E-state index in [1.165, 1.54) is 0 Å². The first-order valence-electron chi connectivity index (χ1n) is 1.50. The standard InChI is InChI=1S/C3H9Si.CH3.Mg/c1-4(2)3;;/h1-3H3;1H3;/q2*-1;+2. The summed E-state index contributed by atoms with van der Waals surface area (Å²) in [5.74, 6) is 0. The van der Waals surface area contributed by atoms with Crippen LogP contribution in [0.4, 0.5) is 0 Å².